The number of hydrogen-bond donors (Lipinski definition) is 1. The van der Waals surface area contributed by atoms with Crippen LogP contribution in [0.4, 0.5) is 0 Å². The molecule has 1 aliphatic heterocycles. The molecule has 0 saturated heterocycles. The molecule has 2 nitrogen and oxygen atoms in total. The number of aromatic hydroxyl groups is 1. The van der Waals surface area contributed by atoms with Crippen molar-refractivity contribution < 1.29 is 9.90 Å². The summed E-state index contributed by atoms with van der Waals surface area (Å²) in [6.45, 7) is 0. The van der Waals surface area contributed by atoms with E-state index >= 15 is 0 Å². The van der Waals surface area contributed by atoms with Gasteiger partial charge in [0, 0.05) is 6.42 Å². The zero-order valence-corrected chi connectivity index (χ0v) is 7.50. The molecule has 1 N–H and O–H groups in total. The van der Waals surface area contributed by atoms with Crippen molar-refractivity contribution in [1.82, 2.24) is 0 Å². The van der Waals surface area contributed by atoms with E-state index in [1.54, 1.807) is 12.1 Å². The first-order valence-corrected chi connectivity index (χ1v) is 4.87. The Morgan fingerprint density at radius 1 is 1.33 bits per heavy atom. The summed E-state index contributed by atoms with van der Waals surface area (Å²) in [4.78, 5) is 11.1. The maximum atomic E-state index is 11.1. The van der Waals surface area contributed by atoms with Gasteiger partial charge in [-0.15, -0.1) is 0 Å². The third-order valence-electron chi connectivity index (χ3n) is 1.99. The number of fused-ring (bicyclic) bond motifs is 1. The van der Waals surface area contributed by atoms with Gasteiger partial charge >= 0.3 is 0 Å². The summed E-state index contributed by atoms with van der Waals surface area (Å²) in [6.07, 6.45) is 1.50. The van der Waals surface area contributed by atoms with Gasteiger partial charge < -0.3 is 5.11 Å². The Morgan fingerprint density at radius 2 is 2.17 bits per heavy atom. The molecule has 3 heteroatoms. The van der Waals surface area contributed by atoms with E-state index in [9.17, 15) is 4.79 Å². The first-order chi connectivity index (χ1) is 5.75. The lowest BCUT2D eigenvalue weighted by molar-refractivity contribution is -0.111. The summed E-state index contributed by atoms with van der Waals surface area (Å²) >= 11 is 0. The van der Waals surface area contributed by atoms with E-state index in [1.807, 2.05) is 6.07 Å². The van der Waals surface area contributed by atoms with E-state index in [1.165, 1.54) is 5.56 Å². The molecule has 0 fully saturated rings. The molecule has 1 heterocycles. The lowest BCUT2D eigenvalue weighted by atomic mass is 10.1. The highest BCUT2D eigenvalue weighted by molar-refractivity contribution is 7.65. The molecule has 62 valence electrons. The van der Waals surface area contributed by atoms with Crippen LogP contribution >= 0.6 is 8.58 Å². The maximum absolute atomic E-state index is 11.1. The smallest absolute Gasteiger partial charge is 0.156 e. The van der Waals surface area contributed by atoms with E-state index in [0.29, 0.717) is 11.9 Å². The molecule has 0 bridgehead atoms. The first-order valence-electron chi connectivity index (χ1n) is 3.87. The number of carbonyl (C=O) groups is 1. The minimum Gasteiger partial charge on any atom is -0.508 e. The summed E-state index contributed by atoms with van der Waals surface area (Å²) in [5.74, 6) is 0.260. The van der Waals surface area contributed by atoms with Crippen molar-refractivity contribution in [3.8, 4) is 5.75 Å². The van der Waals surface area contributed by atoms with Crippen molar-refractivity contribution in [3.05, 3.63) is 23.8 Å². The highest BCUT2D eigenvalue weighted by Gasteiger charge is 2.15. The standard InChI is InChI=1S/C9H9O2P/c10-7-3-1-6-2-4-9(11)12-8(6)5-7/h1,3,5,10,12H,2,4H2. The van der Waals surface area contributed by atoms with Crippen LogP contribution < -0.4 is 5.30 Å². The Labute approximate surface area is 72.4 Å². The Morgan fingerprint density at radius 3 is 3.00 bits per heavy atom. The summed E-state index contributed by atoms with van der Waals surface area (Å²) in [6, 6.07) is 5.29. The average molecular weight is 180 g/mol. The largest absolute Gasteiger partial charge is 0.508 e. The third kappa shape index (κ3) is 1.35. The molecule has 0 amide bonds. The van der Waals surface area contributed by atoms with Crippen molar-refractivity contribution in [1.29, 1.82) is 0 Å². The normalized spacial score (nSPS) is 17.8. The van der Waals surface area contributed by atoms with Crippen LogP contribution in [-0.4, -0.2) is 10.6 Å². The molecular formula is C9H9O2P. The van der Waals surface area contributed by atoms with Gasteiger partial charge in [-0.2, -0.15) is 0 Å². The Bertz CT molecular complexity index is 333. The Kier molecular flexibility index (Phi) is 1.86. The topological polar surface area (TPSA) is 37.3 Å². The van der Waals surface area contributed by atoms with Gasteiger partial charge in [0.2, 0.25) is 0 Å². The number of hydrogen-bond acceptors (Lipinski definition) is 2. The maximum Gasteiger partial charge on any atom is 0.156 e. The zero-order valence-electron chi connectivity index (χ0n) is 6.50. The molecule has 1 unspecified atom stereocenters. The summed E-state index contributed by atoms with van der Waals surface area (Å²) in [5, 5.41) is 10.2. The number of rotatable bonds is 0. The SMILES string of the molecule is O=C1CCc2ccc(O)cc2P1. The quantitative estimate of drug-likeness (QED) is 0.608. The molecule has 2 rings (SSSR count). The summed E-state index contributed by atoms with van der Waals surface area (Å²) < 4.78 is 0. The van der Waals surface area contributed by atoms with Crippen LogP contribution in [0.1, 0.15) is 12.0 Å². The number of benzene rings is 1. The van der Waals surface area contributed by atoms with E-state index in [2.05, 4.69) is 0 Å². The molecule has 0 aromatic heterocycles. The van der Waals surface area contributed by atoms with Crippen molar-refractivity contribution in [2.24, 2.45) is 0 Å². The molecule has 0 saturated carbocycles. The molecule has 0 aliphatic carbocycles. The molecule has 12 heavy (non-hydrogen) atoms. The number of aryl methyl sites for hydroxylation is 1. The second kappa shape index (κ2) is 2.87. The fourth-order valence-electron chi connectivity index (χ4n) is 1.36. The minimum absolute atomic E-state index is 0.244. The van der Waals surface area contributed by atoms with Crippen molar-refractivity contribution >= 4 is 19.4 Å². The highest BCUT2D eigenvalue weighted by atomic mass is 31.1. The molecule has 1 aromatic rings. The van der Waals surface area contributed by atoms with Gasteiger partial charge in [0.1, 0.15) is 5.75 Å². The summed E-state index contributed by atoms with van der Waals surface area (Å²) in [5.41, 5.74) is 1.51. The predicted octanol–water partition coefficient (Wildman–Crippen LogP) is 1.17. The van der Waals surface area contributed by atoms with E-state index in [0.717, 1.165) is 11.7 Å². The van der Waals surface area contributed by atoms with Gasteiger partial charge in [0.15, 0.2) is 5.52 Å². The van der Waals surface area contributed by atoms with Crippen molar-refractivity contribution in [2.45, 2.75) is 12.8 Å². The van der Waals surface area contributed by atoms with Crippen molar-refractivity contribution in [3.63, 3.8) is 0 Å². The molecule has 1 atom stereocenters. The van der Waals surface area contributed by atoms with E-state index in [-0.39, 0.29) is 14.3 Å². The second-order valence-corrected chi connectivity index (χ2v) is 4.24. The fourth-order valence-corrected chi connectivity index (χ4v) is 2.50. The number of phenolic OH excluding ortho intramolecular Hbond substituents is 1. The lowest BCUT2D eigenvalue weighted by Gasteiger charge is -2.13. The van der Waals surface area contributed by atoms with E-state index in [4.69, 9.17) is 5.11 Å². The van der Waals surface area contributed by atoms with Gasteiger partial charge in [0.05, 0.1) is 0 Å². The fraction of sp³-hybridized carbons (Fsp3) is 0.222. The van der Waals surface area contributed by atoms with Crippen LogP contribution in [0, 0.1) is 0 Å². The first kappa shape index (κ1) is 7.75. The van der Waals surface area contributed by atoms with Crippen LogP contribution in [0.15, 0.2) is 18.2 Å². The zero-order chi connectivity index (χ0) is 8.55. The Balaban J connectivity index is 2.44. The van der Waals surface area contributed by atoms with Crippen LogP contribution in [0.2, 0.25) is 0 Å². The lowest BCUT2D eigenvalue weighted by Crippen LogP contribution is -2.14. The van der Waals surface area contributed by atoms with Gasteiger partial charge in [-0.1, -0.05) is 6.07 Å². The van der Waals surface area contributed by atoms with E-state index < -0.39 is 0 Å². The van der Waals surface area contributed by atoms with Gasteiger partial charge in [0.25, 0.3) is 0 Å². The molecule has 0 spiro atoms. The molecule has 1 aromatic carbocycles. The van der Waals surface area contributed by atoms with Crippen LogP contribution in [-0.2, 0) is 11.2 Å². The van der Waals surface area contributed by atoms with Gasteiger partial charge in [-0.3, -0.25) is 4.79 Å². The monoisotopic (exact) mass is 180 g/mol. The van der Waals surface area contributed by atoms with Crippen LogP contribution in [0.5, 0.6) is 5.75 Å². The predicted molar refractivity (Wildman–Crippen MR) is 49.4 cm³/mol. The highest BCUT2D eigenvalue weighted by Crippen LogP contribution is 2.26. The van der Waals surface area contributed by atoms with Crippen LogP contribution in [0.25, 0.3) is 0 Å². The van der Waals surface area contributed by atoms with Crippen molar-refractivity contribution in [2.75, 3.05) is 0 Å². The molecular weight excluding hydrogens is 171 g/mol. The van der Waals surface area contributed by atoms with Gasteiger partial charge in [-0.25, -0.2) is 0 Å². The molecule has 1 aliphatic rings. The van der Waals surface area contributed by atoms with Gasteiger partial charge in [-0.05, 0) is 38.0 Å². The number of carbonyl (C=O) groups excluding carboxylic acids is 1. The molecule has 0 radical (unpaired) electrons. The average Bonchev–Trinajstić information content (AvgIpc) is 2.03. The second-order valence-electron chi connectivity index (χ2n) is 2.89. The third-order valence-corrected chi connectivity index (χ3v) is 3.25. The summed E-state index contributed by atoms with van der Waals surface area (Å²) in [7, 11) is 0.244. The minimum atomic E-state index is 0.244. The van der Waals surface area contributed by atoms with Crippen LogP contribution in [0.3, 0.4) is 0 Å². The number of phenols is 1. The Hall–Kier alpha value is -0.880.